The zero-order valence-corrected chi connectivity index (χ0v) is 17.5. The molecule has 172 valence electrons. The molecule has 2 amide bonds. The smallest absolute Gasteiger partial charge is 0.306 e. The van der Waals surface area contributed by atoms with Crippen LogP contribution in [0.25, 0.3) is 0 Å². The number of benzene rings is 2. The van der Waals surface area contributed by atoms with E-state index in [4.69, 9.17) is 9.47 Å². The average molecular weight is 452 g/mol. The molecule has 0 radical (unpaired) electrons. The zero-order chi connectivity index (χ0) is 23.7. The lowest BCUT2D eigenvalue weighted by molar-refractivity contribution is -0.155. The van der Waals surface area contributed by atoms with Gasteiger partial charge in [0.25, 0.3) is 5.91 Å². The van der Waals surface area contributed by atoms with Gasteiger partial charge in [-0.3, -0.25) is 14.4 Å². The normalized spacial score (nSPS) is 11.4. The SMILES string of the molecule is Cc1cccc(OCCCC(=O)OC(C)C(=O)NCC(=O)Nc2ccc(F)c(F)c2F)c1. The van der Waals surface area contributed by atoms with Crippen LogP contribution in [0.1, 0.15) is 25.3 Å². The van der Waals surface area contributed by atoms with E-state index >= 15 is 0 Å². The monoisotopic (exact) mass is 452 g/mol. The predicted molar refractivity (Wildman–Crippen MR) is 109 cm³/mol. The van der Waals surface area contributed by atoms with Crippen molar-refractivity contribution in [1.29, 1.82) is 0 Å². The van der Waals surface area contributed by atoms with Crippen molar-refractivity contribution in [2.45, 2.75) is 32.8 Å². The molecule has 7 nitrogen and oxygen atoms in total. The van der Waals surface area contributed by atoms with Crippen LogP contribution >= 0.6 is 0 Å². The van der Waals surface area contributed by atoms with Crippen molar-refractivity contribution >= 4 is 23.5 Å². The minimum atomic E-state index is -1.73. The van der Waals surface area contributed by atoms with Gasteiger partial charge in [-0.25, -0.2) is 13.2 Å². The molecule has 0 bridgehead atoms. The highest BCUT2D eigenvalue weighted by Crippen LogP contribution is 2.19. The molecule has 0 aromatic heterocycles. The van der Waals surface area contributed by atoms with Gasteiger partial charge < -0.3 is 20.1 Å². The fourth-order valence-electron chi connectivity index (χ4n) is 2.55. The number of aryl methyl sites for hydroxylation is 1. The maximum Gasteiger partial charge on any atom is 0.306 e. The van der Waals surface area contributed by atoms with Crippen LogP contribution in [-0.2, 0) is 19.1 Å². The van der Waals surface area contributed by atoms with Gasteiger partial charge in [-0.2, -0.15) is 0 Å². The van der Waals surface area contributed by atoms with Gasteiger partial charge in [0.15, 0.2) is 23.6 Å². The molecule has 0 aliphatic heterocycles. The number of carbonyl (C=O) groups is 3. The average Bonchev–Trinajstić information content (AvgIpc) is 2.75. The highest BCUT2D eigenvalue weighted by molar-refractivity contribution is 5.95. The molecule has 32 heavy (non-hydrogen) atoms. The minimum Gasteiger partial charge on any atom is -0.494 e. The lowest BCUT2D eigenvalue weighted by atomic mass is 10.2. The lowest BCUT2D eigenvalue weighted by Gasteiger charge is -2.14. The topological polar surface area (TPSA) is 93.7 Å². The number of nitrogens with one attached hydrogen (secondary N) is 2. The number of halogens is 3. The molecule has 10 heteroatoms. The van der Waals surface area contributed by atoms with Crippen LogP contribution in [0.5, 0.6) is 5.75 Å². The standard InChI is InChI=1S/C22H23F3N2O5/c1-13-5-3-6-15(11-13)31-10-4-7-19(29)32-14(2)22(30)26-12-18(28)27-17-9-8-16(23)20(24)21(17)25/h3,5-6,8-9,11,14H,4,7,10,12H2,1-2H3,(H,26,30)(H,27,28). The third kappa shape index (κ3) is 7.60. The molecule has 0 saturated carbocycles. The summed E-state index contributed by atoms with van der Waals surface area (Å²) in [5, 5.41) is 4.21. The Morgan fingerprint density at radius 2 is 1.81 bits per heavy atom. The van der Waals surface area contributed by atoms with Crippen molar-refractivity contribution in [2.75, 3.05) is 18.5 Å². The van der Waals surface area contributed by atoms with Crippen LogP contribution in [0, 0.1) is 24.4 Å². The summed E-state index contributed by atoms with van der Waals surface area (Å²) in [7, 11) is 0. The molecule has 0 aliphatic carbocycles. The maximum atomic E-state index is 13.6. The van der Waals surface area contributed by atoms with Crippen molar-refractivity contribution < 1.29 is 37.0 Å². The Kier molecular flexibility index (Phi) is 9.06. The first-order chi connectivity index (χ1) is 15.2. The minimum absolute atomic E-state index is 0.0271. The van der Waals surface area contributed by atoms with E-state index in [1.807, 2.05) is 30.4 Å². The second-order valence-electron chi connectivity index (χ2n) is 6.89. The second kappa shape index (κ2) is 11.7. The Hall–Kier alpha value is -3.56. The van der Waals surface area contributed by atoms with Gasteiger partial charge in [0.1, 0.15) is 5.75 Å². The molecule has 0 aliphatic rings. The van der Waals surface area contributed by atoms with Gasteiger partial charge in [-0.05, 0) is 50.1 Å². The summed E-state index contributed by atoms with van der Waals surface area (Å²) in [5.74, 6) is -6.24. The Balaban J connectivity index is 1.68. The first-order valence-electron chi connectivity index (χ1n) is 9.77. The molecule has 0 spiro atoms. The summed E-state index contributed by atoms with van der Waals surface area (Å²) in [4.78, 5) is 35.6. The first kappa shape index (κ1) is 24.7. The number of hydrogen-bond donors (Lipinski definition) is 2. The van der Waals surface area contributed by atoms with Crippen molar-refractivity contribution in [3.05, 3.63) is 59.4 Å². The van der Waals surface area contributed by atoms with Crippen LogP contribution in [0.15, 0.2) is 36.4 Å². The van der Waals surface area contributed by atoms with E-state index in [2.05, 4.69) is 5.32 Å². The molecule has 2 N–H and O–H groups in total. The van der Waals surface area contributed by atoms with E-state index in [1.54, 1.807) is 6.07 Å². The molecular formula is C22H23F3N2O5. The third-order valence-electron chi connectivity index (χ3n) is 4.19. The maximum absolute atomic E-state index is 13.6. The number of esters is 1. The quantitative estimate of drug-likeness (QED) is 0.328. The van der Waals surface area contributed by atoms with Crippen molar-refractivity contribution in [2.24, 2.45) is 0 Å². The lowest BCUT2D eigenvalue weighted by Crippen LogP contribution is -2.40. The van der Waals surface area contributed by atoms with Crippen LogP contribution < -0.4 is 15.4 Å². The summed E-state index contributed by atoms with van der Waals surface area (Å²) in [6, 6.07) is 8.95. The summed E-state index contributed by atoms with van der Waals surface area (Å²) in [6.45, 7) is 2.95. The number of anilines is 1. The van der Waals surface area contributed by atoms with Gasteiger partial charge in [-0.15, -0.1) is 0 Å². The largest absolute Gasteiger partial charge is 0.494 e. The summed E-state index contributed by atoms with van der Waals surface area (Å²) < 4.78 is 50.1. The van der Waals surface area contributed by atoms with Crippen LogP contribution in [0.2, 0.25) is 0 Å². The number of rotatable bonds is 10. The first-order valence-corrected chi connectivity index (χ1v) is 9.77. The van der Waals surface area contributed by atoms with E-state index in [0.717, 1.165) is 11.6 Å². The Bertz CT molecular complexity index is 984. The molecular weight excluding hydrogens is 429 g/mol. The van der Waals surface area contributed by atoms with Crippen molar-refractivity contribution in [3.8, 4) is 5.75 Å². The van der Waals surface area contributed by atoms with Crippen LogP contribution in [0.4, 0.5) is 18.9 Å². The van der Waals surface area contributed by atoms with Gasteiger partial charge in [-0.1, -0.05) is 12.1 Å². The predicted octanol–water partition coefficient (Wildman–Crippen LogP) is 3.26. The number of ether oxygens (including phenoxy) is 2. The van der Waals surface area contributed by atoms with Crippen molar-refractivity contribution in [1.82, 2.24) is 5.32 Å². The Morgan fingerprint density at radius 3 is 2.53 bits per heavy atom. The Labute approximate surface area is 182 Å². The molecule has 1 atom stereocenters. The van der Waals surface area contributed by atoms with Gasteiger partial charge in [0, 0.05) is 6.42 Å². The Morgan fingerprint density at radius 1 is 1.06 bits per heavy atom. The van der Waals surface area contributed by atoms with Gasteiger partial charge >= 0.3 is 5.97 Å². The van der Waals surface area contributed by atoms with Crippen LogP contribution in [0.3, 0.4) is 0 Å². The highest BCUT2D eigenvalue weighted by atomic mass is 19.2. The van der Waals surface area contributed by atoms with Gasteiger partial charge in [0.2, 0.25) is 5.91 Å². The van der Waals surface area contributed by atoms with E-state index in [0.29, 0.717) is 24.8 Å². The van der Waals surface area contributed by atoms with Crippen molar-refractivity contribution in [3.63, 3.8) is 0 Å². The molecule has 0 fully saturated rings. The third-order valence-corrected chi connectivity index (χ3v) is 4.19. The highest BCUT2D eigenvalue weighted by Gasteiger charge is 2.19. The summed E-state index contributed by atoms with van der Waals surface area (Å²) in [5.41, 5.74) is 0.473. The van der Waals surface area contributed by atoms with E-state index in [1.165, 1.54) is 6.92 Å². The number of hydrogen-bond acceptors (Lipinski definition) is 5. The molecule has 2 aromatic rings. The fraction of sp³-hybridized carbons (Fsp3) is 0.318. The van der Waals surface area contributed by atoms with E-state index < -0.39 is 53.6 Å². The van der Waals surface area contributed by atoms with Crippen LogP contribution in [-0.4, -0.2) is 37.0 Å². The summed E-state index contributed by atoms with van der Waals surface area (Å²) >= 11 is 0. The zero-order valence-electron chi connectivity index (χ0n) is 17.5. The molecule has 2 aromatic carbocycles. The summed E-state index contributed by atoms with van der Waals surface area (Å²) in [6.07, 6.45) is -0.768. The number of amides is 2. The molecule has 1 unspecified atom stereocenters. The number of carbonyl (C=O) groups excluding carboxylic acids is 3. The van der Waals surface area contributed by atoms with Gasteiger partial charge in [0.05, 0.1) is 18.8 Å². The van der Waals surface area contributed by atoms with E-state index in [9.17, 15) is 27.6 Å². The molecule has 0 saturated heterocycles. The molecule has 2 rings (SSSR count). The van der Waals surface area contributed by atoms with E-state index in [-0.39, 0.29) is 6.42 Å². The second-order valence-corrected chi connectivity index (χ2v) is 6.89. The molecule has 0 heterocycles. The fourth-order valence-corrected chi connectivity index (χ4v) is 2.55.